The van der Waals surface area contributed by atoms with Gasteiger partial charge in [-0.15, -0.1) is 0 Å². The second kappa shape index (κ2) is 7.53. The van der Waals surface area contributed by atoms with Gasteiger partial charge in [0, 0.05) is 30.5 Å². The number of hydrogen-bond acceptors (Lipinski definition) is 6. The van der Waals surface area contributed by atoms with Gasteiger partial charge in [-0.2, -0.15) is 0 Å². The highest BCUT2D eigenvalue weighted by Gasteiger charge is 2.37. The van der Waals surface area contributed by atoms with E-state index < -0.39 is 22.8 Å². The highest BCUT2D eigenvalue weighted by Crippen LogP contribution is 2.39. The molecule has 0 aliphatic carbocycles. The Hall–Kier alpha value is -3.60. The number of nitrogens with zero attached hydrogens (tertiary/aromatic N) is 1. The fourth-order valence-corrected chi connectivity index (χ4v) is 2.85. The van der Waals surface area contributed by atoms with Gasteiger partial charge in [0.05, 0.1) is 22.0 Å². The number of carbonyl (C=O) groups is 2. The van der Waals surface area contributed by atoms with Crippen molar-refractivity contribution in [1.82, 2.24) is 5.32 Å². The van der Waals surface area contributed by atoms with E-state index in [4.69, 9.17) is 4.74 Å². The summed E-state index contributed by atoms with van der Waals surface area (Å²) < 4.78 is 4.85. The first-order valence-corrected chi connectivity index (χ1v) is 7.57. The number of aliphatic carboxylic acids is 1. The molecule has 1 heterocycles. The Morgan fingerprint density at radius 1 is 1.27 bits per heavy atom. The standard InChI is InChI=1S/C18H16N2O6/c1-4-8-26-18(23)15-11(3)19-10(2)14(17(21)22)16(15)12-6-5-7-13(9-12)20(24)25/h5-7,9,16,19H,1-3H3,(H,21,22). The van der Waals surface area contributed by atoms with E-state index in [1.165, 1.54) is 31.2 Å². The number of rotatable bonds is 4. The van der Waals surface area contributed by atoms with E-state index >= 15 is 0 Å². The molecule has 0 spiro atoms. The molecule has 0 amide bonds. The average molecular weight is 356 g/mol. The van der Waals surface area contributed by atoms with Gasteiger partial charge < -0.3 is 15.2 Å². The van der Waals surface area contributed by atoms with E-state index in [0.29, 0.717) is 17.0 Å². The summed E-state index contributed by atoms with van der Waals surface area (Å²) >= 11 is 0. The second-order valence-electron chi connectivity index (χ2n) is 5.53. The molecular formula is C18H16N2O6. The summed E-state index contributed by atoms with van der Waals surface area (Å²) in [4.78, 5) is 34.8. The number of nitro groups is 1. The average Bonchev–Trinajstić information content (AvgIpc) is 2.58. The van der Waals surface area contributed by atoms with Crippen molar-refractivity contribution in [3.63, 3.8) is 0 Å². The molecule has 0 saturated heterocycles. The molecule has 0 saturated carbocycles. The van der Waals surface area contributed by atoms with Gasteiger partial charge >= 0.3 is 11.9 Å². The predicted octanol–water partition coefficient (Wildman–Crippen LogP) is 2.44. The Morgan fingerprint density at radius 2 is 1.92 bits per heavy atom. The molecule has 26 heavy (non-hydrogen) atoms. The van der Waals surface area contributed by atoms with E-state index in [9.17, 15) is 24.8 Å². The van der Waals surface area contributed by atoms with Crippen LogP contribution in [0.2, 0.25) is 0 Å². The maximum absolute atomic E-state index is 12.5. The van der Waals surface area contributed by atoms with Crippen molar-refractivity contribution in [1.29, 1.82) is 0 Å². The lowest BCUT2D eigenvalue weighted by Crippen LogP contribution is -2.31. The number of nitrogens with one attached hydrogen (secondary N) is 1. The van der Waals surface area contributed by atoms with Crippen LogP contribution in [0.5, 0.6) is 0 Å². The largest absolute Gasteiger partial charge is 0.478 e. The highest BCUT2D eigenvalue weighted by molar-refractivity contribution is 5.99. The number of ether oxygens (including phenoxy) is 1. The molecule has 0 fully saturated rings. The summed E-state index contributed by atoms with van der Waals surface area (Å²) in [6.45, 7) is 4.64. The van der Waals surface area contributed by atoms with Crippen LogP contribution in [0.3, 0.4) is 0 Å². The number of dihydropyridines is 1. The predicted molar refractivity (Wildman–Crippen MR) is 91.6 cm³/mol. The van der Waals surface area contributed by atoms with Crippen LogP contribution in [0.25, 0.3) is 0 Å². The number of hydrogen-bond donors (Lipinski definition) is 2. The molecule has 8 nitrogen and oxygen atoms in total. The monoisotopic (exact) mass is 356 g/mol. The van der Waals surface area contributed by atoms with Gasteiger partial charge in [0.15, 0.2) is 0 Å². The van der Waals surface area contributed by atoms with Gasteiger partial charge in [-0.1, -0.05) is 18.1 Å². The van der Waals surface area contributed by atoms with Crippen LogP contribution in [0.1, 0.15) is 32.3 Å². The van der Waals surface area contributed by atoms with Gasteiger partial charge in [0.2, 0.25) is 0 Å². The van der Waals surface area contributed by atoms with Crippen molar-refractivity contribution in [3.05, 3.63) is 62.5 Å². The number of nitro benzene ring substituents is 1. The molecule has 8 heteroatoms. The summed E-state index contributed by atoms with van der Waals surface area (Å²) in [7, 11) is 0. The van der Waals surface area contributed by atoms with Crippen molar-refractivity contribution in [2.75, 3.05) is 0 Å². The first kappa shape index (κ1) is 18.7. The van der Waals surface area contributed by atoms with Gasteiger partial charge in [-0.05, 0) is 19.4 Å². The summed E-state index contributed by atoms with van der Waals surface area (Å²) in [6.07, 6.45) is 2.19. The SMILES string of the molecule is CC#COC(=O)C1=C(C)NC(C)=C(C(=O)O)C1c1cccc([N+](=O)[O-])c1. The fourth-order valence-electron chi connectivity index (χ4n) is 2.85. The zero-order valence-corrected chi connectivity index (χ0v) is 14.3. The lowest BCUT2D eigenvalue weighted by molar-refractivity contribution is -0.384. The lowest BCUT2D eigenvalue weighted by Gasteiger charge is -2.29. The van der Waals surface area contributed by atoms with Gasteiger partial charge in [-0.3, -0.25) is 10.1 Å². The summed E-state index contributed by atoms with van der Waals surface area (Å²) in [5.74, 6) is -0.665. The van der Waals surface area contributed by atoms with Crippen LogP contribution in [0, 0.1) is 22.1 Å². The number of non-ortho nitro benzene ring substituents is 1. The van der Waals surface area contributed by atoms with Crippen molar-refractivity contribution in [3.8, 4) is 12.0 Å². The number of carboxylic acid groups (broad SMARTS) is 1. The molecular weight excluding hydrogens is 340 g/mol. The molecule has 1 aliphatic rings. The van der Waals surface area contributed by atoms with E-state index in [1.54, 1.807) is 13.8 Å². The maximum atomic E-state index is 12.5. The van der Waals surface area contributed by atoms with Crippen molar-refractivity contribution in [2.24, 2.45) is 0 Å². The number of benzene rings is 1. The smallest absolute Gasteiger partial charge is 0.350 e. The van der Waals surface area contributed by atoms with Crippen LogP contribution >= 0.6 is 0 Å². The molecule has 2 N–H and O–H groups in total. The number of carbonyl (C=O) groups excluding carboxylic acids is 1. The summed E-state index contributed by atoms with van der Waals surface area (Å²) in [5, 5.41) is 23.6. The van der Waals surface area contributed by atoms with Crippen LogP contribution in [0.15, 0.2) is 46.8 Å². The summed E-state index contributed by atoms with van der Waals surface area (Å²) in [5.41, 5.74) is 0.774. The quantitative estimate of drug-likeness (QED) is 0.368. The van der Waals surface area contributed by atoms with Gasteiger partial charge in [-0.25, -0.2) is 9.59 Å². The third kappa shape index (κ3) is 3.57. The Bertz CT molecular complexity index is 917. The molecule has 134 valence electrons. The minimum atomic E-state index is -1.24. The summed E-state index contributed by atoms with van der Waals surface area (Å²) in [6, 6.07) is 5.51. The molecule has 0 radical (unpaired) electrons. The zero-order valence-electron chi connectivity index (χ0n) is 14.3. The van der Waals surface area contributed by atoms with Crippen molar-refractivity contribution < 1.29 is 24.4 Å². The number of esters is 1. The minimum Gasteiger partial charge on any atom is -0.478 e. The first-order chi connectivity index (χ1) is 12.3. The molecule has 1 unspecified atom stereocenters. The highest BCUT2D eigenvalue weighted by atomic mass is 16.6. The van der Waals surface area contributed by atoms with E-state index in [1.807, 2.05) is 0 Å². The molecule has 1 aliphatic heterocycles. The molecule has 0 bridgehead atoms. The Balaban J connectivity index is 2.69. The molecule has 1 atom stereocenters. The van der Waals surface area contributed by atoms with Gasteiger partial charge in [0.1, 0.15) is 6.11 Å². The first-order valence-electron chi connectivity index (χ1n) is 7.57. The van der Waals surface area contributed by atoms with Crippen LogP contribution < -0.4 is 5.32 Å². The van der Waals surface area contributed by atoms with Crippen LogP contribution in [0.4, 0.5) is 5.69 Å². The molecule has 2 rings (SSSR count). The third-order valence-corrected chi connectivity index (χ3v) is 3.87. The third-order valence-electron chi connectivity index (χ3n) is 3.87. The lowest BCUT2D eigenvalue weighted by atomic mass is 9.80. The number of allylic oxidation sites excluding steroid dienone is 2. The minimum absolute atomic E-state index is 0.0382. The number of carboxylic acids is 1. The van der Waals surface area contributed by atoms with Crippen molar-refractivity contribution in [2.45, 2.75) is 26.7 Å². The van der Waals surface area contributed by atoms with Crippen LogP contribution in [-0.2, 0) is 14.3 Å². The normalized spacial score (nSPS) is 16.3. The van der Waals surface area contributed by atoms with Crippen LogP contribution in [-0.4, -0.2) is 22.0 Å². The molecule has 0 aromatic heterocycles. The van der Waals surface area contributed by atoms with Gasteiger partial charge in [0.25, 0.3) is 5.69 Å². The molecule has 1 aromatic rings. The van der Waals surface area contributed by atoms with E-state index in [2.05, 4.69) is 17.3 Å². The zero-order chi connectivity index (χ0) is 19.4. The topological polar surface area (TPSA) is 119 Å². The van der Waals surface area contributed by atoms with E-state index in [-0.39, 0.29) is 16.8 Å². The van der Waals surface area contributed by atoms with Crippen molar-refractivity contribution >= 4 is 17.6 Å². The fraction of sp³-hybridized carbons (Fsp3) is 0.222. The van der Waals surface area contributed by atoms with E-state index in [0.717, 1.165) is 0 Å². The second-order valence-corrected chi connectivity index (χ2v) is 5.53. The maximum Gasteiger partial charge on any atom is 0.350 e. The Kier molecular flexibility index (Phi) is 5.42. The molecule has 1 aromatic carbocycles. The Morgan fingerprint density at radius 3 is 2.50 bits per heavy atom. The Labute approximate surface area is 149 Å².